The fraction of sp³-hybridized carbons (Fsp3) is 0.250. The van der Waals surface area contributed by atoms with E-state index < -0.39 is 30.9 Å². The summed E-state index contributed by atoms with van der Waals surface area (Å²) in [5.74, 6) is -3.17. The maximum atomic E-state index is 12.2. The van der Waals surface area contributed by atoms with Gasteiger partial charge in [-0.05, 0) is 35.0 Å². The van der Waals surface area contributed by atoms with Crippen LogP contribution in [0, 0.1) is 6.92 Å². The average Bonchev–Trinajstić information content (AvgIpc) is 2.29. The second-order valence-corrected chi connectivity index (χ2v) is 4.79. The summed E-state index contributed by atoms with van der Waals surface area (Å²) < 4.78 is 0.490. The van der Waals surface area contributed by atoms with E-state index in [9.17, 15) is 14.4 Å². The Morgan fingerprint density at radius 1 is 1.16 bits per heavy atom. The summed E-state index contributed by atoms with van der Waals surface area (Å²) >= 11 is 3.19. The minimum Gasteiger partial charge on any atom is -0.480 e. The zero-order valence-electron chi connectivity index (χ0n) is 10.1. The van der Waals surface area contributed by atoms with Crippen molar-refractivity contribution in [3.05, 3.63) is 33.8 Å². The van der Waals surface area contributed by atoms with E-state index in [1.807, 2.05) is 0 Å². The van der Waals surface area contributed by atoms with Crippen molar-refractivity contribution in [2.24, 2.45) is 0 Å². The Morgan fingerprint density at radius 2 is 1.68 bits per heavy atom. The Labute approximate surface area is 117 Å². The molecule has 0 saturated carbocycles. The van der Waals surface area contributed by atoms with Gasteiger partial charge in [-0.2, -0.15) is 0 Å². The van der Waals surface area contributed by atoms with Crippen molar-refractivity contribution in [1.29, 1.82) is 0 Å². The van der Waals surface area contributed by atoms with E-state index in [-0.39, 0.29) is 5.56 Å². The highest BCUT2D eigenvalue weighted by atomic mass is 79.9. The Morgan fingerprint density at radius 3 is 2.16 bits per heavy atom. The van der Waals surface area contributed by atoms with Gasteiger partial charge < -0.3 is 15.1 Å². The number of carbonyl (C=O) groups is 3. The van der Waals surface area contributed by atoms with Gasteiger partial charge in [0.2, 0.25) is 0 Å². The maximum Gasteiger partial charge on any atom is 0.323 e. The predicted octanol–water partition coefficient (Wildman–Crippen LogP) is 1.37. The predicted molar refractivity (Wildman–Crippen MR) is 70.1 cm³/mol. The molecule has 0 fully saturated rings. The third kappa shape index (κ3) is 4.36. The normalized spacial score (nSPS) is 10.0. The molecule has 0 spiro atoms. The highest BCUT2D eigenvalue weighted by Crippen LogP contribution is 2.20. The molecule has 0 aliphatic heterocycles. The summed E-state index contributed by atoms with van der Waals surface area (Å²) in [6, 6.07) is 5.00. The number of halogens is 1. The van der Waals surface area contributed by atoms with Gasteiger partial charge in [0.25, 0.3) is 5.91 Å². The van der Waals surface area contributed by atoms with E-state index in [0.29, 0.717) is 4.47 Å². The molecular weight excluding hydrogens is 318 g/mol. The quantitative estimate of drug-likeness (QED) is 0.850. The van der Waals surface area contributed by atoms with E-state index in [2.05, 4.69) is 15.9 Å². The number of aryl methyl sites for hydroxylation is 1. The molecule has 1 aromatic rings. The first kappa shape index (κ1) is 15.2. The molecule has 1 aromatic carbocycles. The standard InChI is InChI=1S/C12H12BrNO5/c1-7-2-3-9(13)8(4-7)12(19)14(5-10(15)16)6-11(17)18/h2-4H,5-6H2,1H3,(H,15,16)(H,17,18). The lowest BCUT2D eigenvalue weighted by Crippen LogP contribution is -2.39. The Hall–Kier alpha value is -1.89. The highest BCUT2D eigenvalue weighted by Gasteiger charge is 2.22. The van der Waals surface area contributed by atoms with Crippen molar-refractivity contribution in [1.82, 2.24) is 4.90 Å². The van der Waals surface area contributed by atoms with Crippen LogP contribution in [-0.4, -0.2) is 46.0 Å². The number of carbonyl (C=O) groups excluding carboxylic acids is 1. The van der Waals surface area contributed by atoms with Crippen LogP contribution in [0.4, 0.5) is 0 Å². The minimum absolute atomic E-state index is 0.238. The summed E-state index contributed by atoms with van der Waals surface area (Å²) in [5, 5.41) is 17.4. The fourth-order valence-corrected chi connectivity index (χ4v) is 1.92. The molecule has 6 nitrogen and oxygen atoms in total. The Bertz CT molecular complexity index is 513. The molecule has 1 rings (SSSR count). The number of hydrogen-bond acceptors (Lipinski definition) is 3. The van der Waals surface area contributed by atoms with Crippen molar-refractivity contribution >= 4 is 33.8 Å². The van der Waals surface area contributed by atoms with Crippen LogP contribution in [0.15, 0.2) is 22.7 Å². The molecule has 0 saturated heterocycles. The molecule has 0 bridgehead atoms. The lowest BCUT2D eigenvalue weighted by Gasteiger charge is -2.19. The molecule has 1 amide bonds. The maximum absolute atomic E-state index is 12.2. The lowest BCUT2D eigenvalue weighted by atomic mass is 10.1. The van der Waals surface area contributed by atoms with Crippen molar-refractivity contribution in [2.45, 2.75) is 6.92 Å². The number of benzene rings is 1. The number of nitrogens with zero attached hydrogens (tertiary/aromatic N) is 1. The lowest BCUT2D eigenvalue weighted by molar-refractivity contribution is -0.140. The third-order valence-electron chi connectivity index (χ3n) is 2.29. The number of carboxylic acid groups (broad SMARTS) is 2. The topological polar surface area (TPSA) is 94.9 Å². The third-order valence-corrected chi connectivity index (χ3v) is 2.98. The molecule has 0 heterocycles. The minimum atomic E-state index is -1.27. The van der Waals surface area contributed by atoms with Crippen LogP contribution in [0.1, 0.15) is 15.9 Å². The number of amides is 1. The second kappa shape index (κ2) is 6.33. The van der Waals surface area contributed by atoms with Crippen LogP contribution in [0.3, 0.4) is 0 Å². The van der Waals surface area contributed by atoms with Gasteiger partial charge in [-0.25, -0.2) is 0 Å². The van der Waals surface area contributed by atoms with Gasteiger partial charge in [-0.15, -0.1) is 0 Å². The average molecular weight is 330 g/mol. The first-order chi connectivity index (χ1) is 8.81. The van der Waals surface area contributed by atoms with E-state index in [4.69, 9.17) is 10.2 Å². The molecule has 0 radical (unpaired) electrons. The van der Waals surface area contributed by atoms with E-state index >= 15 is 0 Å². The second-order valence-electron chi connectivity index (χ2n) is 3.93. The molecule has 0 unspecified atom stereocenters. The molecule has 102 valence electrons. The number of aliphatic carboxylic acids is 2. The summed E-state index contributed by atoms with van der Waals surface area (Å²) in [4.78, 5) is 34.3. The first-order valence-corrected chi connectivity index (χ1v) is 6.09. The smallest absolute Gasteiger partial charge is 0.323 e. The summed E-state index contributed by atoms with van der Waals surface area (Å²) in [6.45, 7) is 0.457. The van der Waals surface area contributed by atoms with E-state index in [1.54, 1.807) is 25.1 Å². The van der Waals surface area contributed by atoms with Crippen molar-refractivity contribution in [2.75, 3.05) is 13.1 Å². The van der Waals surface area contributed by atoms with E-state index in [0.717, 1.165) is 10.5 Å². The molecule has 0 aliphatic carbocycles. The number of hydrogen-bond donors (Lipinski definition) is 2. The first-order valence-electron chi connectivity index (χ1n) is 5.30. The molecule has 0 aliphatic rings. The Balaban J connectivity index is 3.07. The van der Waals surface area contributed by atoms with Crippen LogP contribution >= 0.6 is 15.9 Å². The largest absolute Gasteiger partial charge is 0.480 e. The van der Waals surface area contributed by atoms with Gasteiger partial charge in [-0.3, -0.25) is 14.4 Å². The SMILES string of the molecule is Cc1ccc(Br)c(C(=O)N(CC(=O)O)CC(=O)O)c1. The zero-order valence-corrected chi connectivity index (χ0v) is 11.7. The van der Waals surface area contributed by atoms with Crippen LogP contribution in [-0.2, 0) is 9.59 Å². The van der Waals surface area contributed by atoms with E-state index in [1.165, 1.54) is 0 Å². The molecule has 2 N–H and O–H groups in total. The van der Waals surface area contributed by atoms with Crippen molar-refractivity contribution in [3.8, 4) is 0 Å². The molecule has 19 heavy (non-hydrogen) atoms. The van der Waals surface area contributed by atoms with Gasteiger partial charge in [0.05, 0.1) is 5.56 Å². The van der Waals surface area contributed by atoms with Gasteiger partial charge in [-0.1, -0.05) is 11.6 Å². The summed E-state index contributed by atoms with van der Waals surface area (Å²) in [6.07, 6.45) is 0. The molecule has 7 heteroatoms. The molecule has 0 atom stereocenters. The van der Waals surface area contributed by atoms with Gasteiger partial charge >= 0.3 is 11.9 Å². The summed E-state index contributed by atoms with van der Waals surface area (Å²) in [5.41, 5.74) is 1.06. The van der Waals surface area contributed by atoms with Crippen LogP contribution in [0.25, 0.3) is 0 Å². The fourth-order valence-electron chi connectivity index (χ4n) is 1.50. The van der Waals surface area contributed by atoms with Gasteiger partial charge in [0.1, 0.15) is 13.1 Å². The Kier molecular flexibility index (Phi) is 5.05. The zero-order chi connectivity index (χ0) is 14.6. The van der Waals surface area contributed by atoms with Gasteiger partial charge in [0, 0.05) is 4.47 Å². The summed E-state index contributed by atoms with van der Waals surface area (Å²) in [7, 11) is 0. The monoisotopic (exact) mass is 329 g/mol. The van der Waals surface area contributed by atoms with Gasteiger partial charge in [0.15, 0.2) is 0 Å². The van der Waals surface area contributed by atoms with Crippen LogP contribution < -0.4 is 0 Å². The molecule has 0 aromatic heterocycles. The van der Waals surface area contributed by atoms with Crippen molar-refractivity contribution in [3.63, 3.8) is 0 Å². The van der Waals surface area contributed by atoms with Crippen LogP contribution in [0.5, 0.6) is 0 Å². The molecular formula is C12H12BrNO5. The van der Waals surface area contributed by atoms with Crippen molar-refractivity contribution < 1.29 is 24.6 Å². The number of rotatable bonds is 5. The number of carboxylic acids is 2. The van der Waals surface area contributed by atoms with Crippen LogP contribution in [0.2, 0.25) is 0 Å². The highest BCUT2D eigenvalue weighted by molar-refractivity contribution is 9.10.